The molecule has 0 atom stereocenters. The van der Waals surface area contributed by atoms with Gasteiger partial charge in [-0.2, -0.15) is 0 Å². The van der Waals surface area contributed by atoms with E-state index in [1.165, 1.54) is 6.20 Å². The molecule has 0 aliphatic carbocycles. The number of azo groups is 1. The van der Waals surface area contributed by atoms with Crippen LogP contribution < -0.4 is 0 Å². The van der Waals surface area contributed by atoms with Crippen molar-refractivity contribution >= 4 is 45.6 Å². The Labute approximate surface area is 149 Å². The van der Waals surface area contributed by atoms with Crippen molar-refractivity contribution in [3.63, 3.8) is 0 Å². The number of benzene rings is 1. The lowest BCUT2D eigenvalue weighted by Gasteiger charge is -2.09. The third kappa shape index (κ3) is 3.23. The molecule has 5 nitrogen and oxygen atoms in total. The van der Waals surface area contributed by atoms with E-state index in [1.807, 2.05) is 28.8 Å². The molecule has 1 N–H and O–H groups in total. The average molecular weight is 363 g/mol. The summed E-state index contributed by atoms with van der Waals surface area (Å²) in [6, 6.07) is 9.22. The fraction of sp³-hybridized carbons (Fsp3) is 0.235. The van der Waals surface area contributed by atoms with Crippen LogP contribution in [-0.2, 0) is 6.54 Å². The average Bonchev–Trinajstić information content (AvgIpc) is 2.79. The summed E-state index contributed by atoms with van der Waals surface area (Å²) in [5.41, 5.74) is 1.31. The van der Waals surface area contributed by atoms with Crippen molar-refractivity contribution in [1.82, 2.24) is 9.55 Å². The Bertz CT molecular complexity index is 918. The lowest BCUT2D eigenvalue weighted by molar-refractivity contribution is 0.401. The quantitative estimate of drug-likeness (QED) is 0.568. The summed E-state index contributed by atoms with van der Waals surface area (Å²) < 4.78 is 1.84. The van der Waals surface area contributed by atoms with Crippen LogP contribution in [0.4, 0.5) is 11.5 Å². The van der Waals surface area contributed by atoms with Crippen molar-refractivity contribution < 1.29 is 5.11 Å². The molecule has 0 aliphatic heterocycles. The van der Waals surface area contributed by atoms with Crippen molar-refractivity contribution in [1.29, 1.82) is 0 Å². The van der Waals surface area contributed by atoms with Gasteiger partial charge < -0.3 is 9.67 Å². The van der Waals surface area contributed by atoms with Gasteiger partial charge in [-0.3, -0.25) is 0 Å². The van der Waals surface area contributed by atoms with E-state index in [2.05, 4.69) is 29.1 Å². The van der Waals surface area contributed by atoms with Gasteiger partial charge in [0.25, 0.3) is 0 Å². The van der Waals surface area contributed by atoms with Crippen LogP contribution in [0, 0.1) is 5.92 Å². The zero-order valence-corrected chi connectivity index (χ0v) is 14.8. The highest BCUT2D eigenvalue weighted by Crippen LogP contribution is 2.40. The highest BCUT2D eigenvalue weighted by Gasteiger charge is 2.17. The normalized spacial score (nSPS) is 11.9. The summed E-state index contributed by atoms with van der Waals surface area (Å²) >= 11 is 11.9. The second kappa shape index (κ2) is 6.79. The third-order valence-electron chi connectivity index (χ3n) is 3.50. The third-order valence-corrected chi connectivity index (χ3v) is 3.98. The topological polar surface area (TPSA) is 62.8 Å². The van der Waals surface area contributed by atoms with Gasteiger partial charge >= 0.3 is 0 Å². The van der Waals surface area contributed by atoms with E-state index in [0.29, 0.717) is 28.2 Å². The number of hydrogen-bond acceptors (Lipinski definition) is 4. The van der Waals surface area contributed by atoms with E-state index in [4.69, 9.17) is 23.2 Å². The molecule has 0 amide bonds. The minimum absolute atomic E-state index is 0.0822. The maximum Gasteiger partial charge on any atom is 0.220 e. The van der Waals surface area contributed by atoms with Crippen molar-refractivity contribution in [2.45, 2.75) is 20.4 Å². The number of hydrogen-bond donors (Lipinski definition) is 1. The van der Waals surface area contributed by atoms with Crippen LogP contribution in [0.25, 0.3) is 10.9 Å². The Morgan fingerprint density at radius 3 is 2.67 bits per heavy atom. The lowest BCUT2D eigenvalue weighted by atomic mass is 10.2. The van der Waals surface area contributed by atoms with Crippen molar-refractivity contribution in [2.24, 2.45) is 16.1 Å². The van der Waals surface area contributed by atoms with E-state index < -0.39 is 0 Å². The first-order valence-electron chi connectivity index (χ1n) is 7.50. The first kappa shape index (κ1) is 16.7. The van der Waals surface area contributed by atoms with Crippen LogP contribution in [0.15, 0.2) is 46.8 Å². The summed E-state index contributed by atoms with van der Waals surface area (Å²) in [6.07, 6.45) is 1.45. The van der Waals surface area contributed by atoms with E-state index in [-0.39, 0.29) is 11.7 Å². The maximum absolute atomic E-state index is 10.6. The molecule has 0 bridgehead atoms. The van der Waals surface area contributed by atoms with E-state index in [1.54, 1.807) is 6.07 Å². The van der Waals surface area contributed by atoms with Crippen molar-refractivity contribution in [3.05, 3.63) is 46.6 Å². The summed E-state index contributed by atoms with van der Waals surface area (Å²) in [7, 11) is 0. The molecule has 3 rings (SSSR count). The molecule has 0 aliphatic rings. The molecule has 3 aromatic rings. The number of fused-ring (bicyclic) bond motifs is 1. The second-order valence-electron chi connectivity index (χ2n) is 5.85. The lowest BCUT2D eigenvalue weighted by Crippen LogP contribution is -2.03. The Morgan fingerprint density at radius 2 is 1.96 bits per heavy atom. The van der Waals surface area contributed by atoms with Crippen LogP contribution in [0.1, 0.15) is 13.8 Å². The maximum atomic E-state index is 10.6. The first-order chi connectivity index (χ1) is 11.5. The van der Waals surface area contributed by atoms with Crippen LogP contribution in [0.3, 0.4) is 0 Å². The minimum atomic E-state index is 0.0822. The summed E-state index contributed by atoms with van der Waals surface area (Å²) in [4.78, 5) is 4.05. The van der Waals surface area contributed by atoms with Gasteiger partial charge in [0.15, 0.2) is 11.5 Å². The number of rotatable bonds is 4. The number of pyridine rings is 1. The predicted octanol–water partition coefficient (Wildman–Crippen LogP) is 6.12. The Balaban J connectivity index is 2.09. The molecular weight excluding hydrogens is 347 g/mol. The molecule has 7 heteroatoms. The van der Waals surface area contributed by atoms with Gasteiger partial charge in [-0.1, -0.05) is 55.2 Å². The molecule has 0 saturated carbocycles. The fourth-order valence-electron chi connectivity index (χ4n) is 2.50. The number of nitrogens with zero attached hydrogens (tertiary/aromatic N) is 4. The Kier molecular flexibility index (Phi) is 4.73. The summed E-state index contributed by atoms with van der Waals surface area (Å²) in [5.74, 6) is 0.712. The van der Waals surface area contributed by atoms with E-state index in [0.717, 1.165) is 10.9 Å². The molecule has 0 unspecified atom stereocenters. The molecule has 2 heterocycles. The number of aromatic hydroxyl groups is 1. The van der Waals surface area contributed by atoms with Crippen LogP contribution in [0.2, 0.25) is 10.0 Å². The summed E-state index contributed by atoms with van der Waals surface area (Å²) in [6.45, 7) is 4.86. The standard InChI is InChI=1S/C17H16Cl2N4O/c1-10(2)9-23-14-6-4-3-5-12(14)15(17(23)24)21-22-16-13(19)7-11(18)8-20-16/h3-8,10,24H,9H2,1-2H3. The smallest absolute Gasteiger partial charge is 0.220 e. The monoisotopic (exact) mass is 362 g/mol. The molecular formula is C17H16Cl2N4O. The van der Waals surface area contributed by atoms with Gasteiger partial charge in [0.2, 0.25) is 5.88 Å². The SMILES string of the molecule is CC(C)Cn1c(O)c(N=Nc2ncc(Cl)cc2Cl)c2ccccc21. The highest BCUT2D eigenvalue weighted by molar-refractivity contribution is 6.35. The van der Waals surface area contributed by atoms with Gasteiger partial charge in [0, 0.05) is 18.1 Å². The number of halogens is 2. The van der Waals surface area contributed by atoms with Gasteiger partial charge in [0.05, 0.1) is 15.6 Å². The number of aromatic nitrogens is 2. The minimum Gasteiger partial charge on any atom is -0.493 e. The Morgan fingerprint density at radius 1 is 1.21 bits per heavy atom. The number of para-hydroxylation sites is 1. The largest absolute Gasteiger partial charge is 0.493 e. The predicted molar refractivity (Wildman–Crippen MR) is 96.9 cm³/mol. The summed E-state index contributed by atoms with van der Waals surface area (Å²) in [5, 5.41) is 20.4. The molecule has 124 valence electrons. The molecule has 0 spiro atoms. The van der Waals surface area contributed by atoms with Gasteiger partial charge in [-0.25, -0.2) is 4.98 Å². The Hall–Kier alpha value is -2.11. The van der Waals surface area contributed by atoms with Gasteiger partial charge in [-0.15, -0.1) is 10.2 Å². The van der Waals surface area contributed by atoms with Crippen LogP contribution >= 0.6 is 23.2 Å². The zero-order valence-electron chi connectivity index (χ0n) is 13.2. The van der Waals surface area contributed by atoms with Crippen molar-refractivity contribution in [3.8, 4) is 5.88 Å². The van der Waals surface area contributed by atoms with E-state index in [9.17, 15) is 5.11 Å². The van der Waals surface area contributed by atoms with Crippen molar-refractivity contribution in [2.75, 3.05) is 0 Å². The molecule has 0 fully saturated rings. The molecule has 1 aromatic carbocycles. The first-order valence-corrected chi connectivity index (χ1v) is 8.26. The van der Waals surface area contributed by atoms with Gasteiger partial charge in [0.1, 0.15) is 0 Å². The fourth-order valence-corrected chi connectivity index (χ4v) is 2.92. The molecule has 0 saturated heterocycles. The van der Waals surface area contributed by atoms with Gasteiger partial charge in [-0.05, 0) is 18.1 Å². The molecule has 0 radical (unpaired) electrons. The second-order valence-corrected chi connectivity index (χ2v) is 6.70. The zero-order chi connectivity index (χ0) is 17.3. The molecule has 24 heavy (non-hydrogen) atoms. The van der Waals surface area contributed by atoms with E-state index >= 15 is 0 Å². The molecule has 2 aromatic heterocycles. The van der Waals surface area contributed by atoms with Crippen LogP contribution in [0.5, 0.6) is 5.88 Å². The van der Waals surface area contributed by atoms with Crippen LogP contribution in [-0.4, -0.2) is 14.7 Å². The highest BCUT2D eigenvalue weighted by atomic mass is 35.5.